The van der Waals surface area contributed by atoms with Crippen molar-refractivity contribution in [1.82, 2.24) is 4.57 Å². The molecule has 2 aromatic rings. The molecule has 0 aliphatic rings. The lowest BCUT2D eigenvalue weighted by Gasteiger charge is -2.05. The van der Waals surface area contributed by atoms with Gasteiger partial charge in [0.05, 0.1) is 12.1 Å². The van der Waals surface area contributed by atoms with Crippen molar-refractivity contribution >= 4 is 17.0 Å². The number of fused-ring (bicyclic) bond motifs is 1. The molecule has 0 saturated carbocycles. The van der Waals surface area contributed by atoms with E-state index in [1.807, 2.05) is 0 Å². The smallest absolute Gasteiger partial charge is 0.418 e. The van der Waals surface area contributed by atoms with Crippen LogP contribution >= 0.6 is 0 Å². The Balaban J connectivity index is 2.55. The van der Waals surface area contributed by atoms with Crippen LogP contribution in [0.5, 0.6) is 0 Å². The summed E-state index contributed by atoms with van der Waals surface area (Å²) >= 11 is 0. The molecule has 1 aromatic carbocycles. The van der Waals surface area contributed by atoms with Gasteiger partial charge in [-0.05, 0) is 19.1 Å². The van der Waals surface area contributed by atoms with Crippen LogP contribution < -0.4 is 0 Å². The summed E-state index contributed by atoms with van der Waals surface area (Å²) in [7, 11) is 0. The largest absolute Gasteiger partial charge is 0.449 e. The van der Waals surface area contributed by atoms with Gasteiger partial charge in [-0.15, -0.1) is 0 Å². The molecule has 0 amide bonds. The number of alkyl halides is 2. The molecule has 1 aromatic heterocycles. The van der Waals surface area contributed by atoms with Gasteiger partial charge in [0.25, 0.3) is 6.43 Å². The summed E-state index contributed by atoms with van der Waals surface area (Å²) < 4.78 is 31.5. The Morgan fingerprint density at radius 3 is 2.82 bits per heavy atom. The monoisotopic (exact) mass is 239 g/mol. The summed E-state index contributed by atoms with van der Waals surface area (Å²) in [6, 6.07) is 5.95. The summed E-state index contributed by atoms with van der Waals surface area (Å²) in [5.41, 5.74) is 0.354. The summed E-state index contributed by atoms with van der Waals surface area (Å²) in [6.07, 6.45) is -1.68. The molecule has 90 valence electrons. The Bertz CT molecular complexity index is 548. The van der Waals surface area contributed by atoms with E-state index < -0.39 is 12.5 Å². The van der Waals surface area contributed by atoms with Gasteiger partial charge in [0.1, 0.15) is 0 Å². The summed E-state index contributed by atoms with van der Waals surface area (Å²) in [4.78, 5) is 11.6. The van der Waals surface area contributed by atoms with Gasteiger partial charge >= 0.3 is 6.09 Å². The minimum atomic E-state index is -2.56. The number of benzene rings is 1. The van der Waals surface area contributed by atoms with Crippen LogP contribution in [0.2, 0.25) is 0 Å². The molecule has 0 unspecified atom stereocenters. The fourth-order valence-corrected chi connectivity index (χ4v) is 1.73. The number of aromatic nitrogens is 1. The van der Waals surface area contributed by atoms with Crippen molar-refractivity contribution in [3.05, 3.63) is 36.0 Å². The van der Waals surface area contributed by atoms with Crippen LogP contribution in [0.25, 0.3) is 10.9 Å². The average molecular weight is 239 g/mol. The highest BCUT2D eigenvalue weighted by Gasteiger charge is 2.15. The molecule has 0 atom stereocenters. The van der Waals surface area contributed by atoms with E-state index in [1.54, 1.807) is 13.0 Å². The Morgan fingerprint density at radius 1 is 1.41 bits per heavy atom. The van der Waals surface area contributed by atoms with E-state index in [-0.39, 0.29) is 12.2 Å². The van der Waals surface area contributed by atoms with E-state index in [0.29, 0.717) is 10.9 Å². The van der Waals surface area contributed by atoms with Gasteiger partial charge in [0, 0.05) is 17.1 Å². The van der Waals surface area contributed by atoms with E-state index >= 15 is 0 Å². The highest BCUT2D eigenvalue weighted by Crippen LogP contribution is 2.28. The third kappa shape index (κ3) is 2.00. The zero-order valence-electron chi connectivity index (χ0n) is 9.19. The molecule has 3 nitrogen and oxygen atoms in total. The van der Waals surface area contributed by atoms with Gasteiger partial charge in [-0.2, -0.15) is 0 Å². The number of halogens is 2. The van der Waals surface area contributed by atoms with Crippen LogP contribution in [0.4, 0.5) is 13.6 Å². The zero-order chi connectivity index (χ0) is 12.4. The number of carbonyl (C=O) groups is 1. The maximum atomic E-state index is 12.7. The number of carbonyl (C=O) groups excluding carboxylic acids is 1. The van der Waals surface area contributed by atoms with Gasteiger partial charge in [0.2, 0.25) is 0 Å². The van der Waals surface area contributed by atoms with Gasteiger partial charge in [-0.3, -0.25) is 4.57 Å². The number of rotatable bonds is 2. The molecule has 0 spiro atoms. The Kier molecular flexibility index (Phi) is 3.08. The van der Waals surface area contributed by atoms with Crippen LogP contribution in [-0.2, 0) is 4.74 Å². The predicted octanol–water partition coefficient (Wildman–Crippen LogP) is 3.58. The first-order chi connectivity index (χ1) is 8.15. The number of nitrogens with zero attached hydrogens (tertiary/aromatic N) is 1. The van der Waals surface area contributed by atoms with Crippen LogP contribution in [0.3, 0.4) is 0 Å². The second-order valence-corrected chi connectivity index (χ2v) is 3.47. The van der Waals surface area contributed by atoms with E-state index in [1.165, 1.54) is 29.0 Å². The second-order valence-electron chi connectivity index (χ2n) is 3.47. The van der Waals surface area contributed by atoms with Crippen molar-refractivity contribution < 1.29 is 18.3 Å². The fourth-order valence-electron chi connectivity index (χ4n) is 1.73. The molecule has 5 heteroatoms. The molecule has 0 aliphatic heterocycles. The number of ether oxygens (including phenoxy) is 1. The first-order valence-electron chi connectivity index (χ1n) is 5.20. The van der Waals surface area contributed by atoms with Crippen molar-refractivity contribution in [2.45, 2.75) is 13.3 Å². The summed E-state index contributed by atoms with van der Waals surface area (Å²) in [6.45, 7) is 1.93. The summed E-state index contributed by atoms with van der Waals surface area (Å²) in [5.74, 6) is 0. The quantitative estimate of drug-likeness (QED) is 0.802. The second kappa shape index (κ2) is 4.53. The van der Waals surface area contributed by atoms with Gasteiger partial charge < -0.3 is 4.74 Å². The van der Waals surface area contributed by atoms with Crippen molar-refractivity contribution in [2.75, 3.05) is 6.61 Å². The lowest BCUT2D eigenvalue weighted by molar-refractivity contribution is 0.152. The minimum Gasteiger partial charge on any atom is -0.449 e. The molecular weight excluding hydrogens is 228 g/mol. The van der Waals surface area contributed by atoms with Gasteiger partial charge in [0.15, 0.2) is 0 Å². The van der Waals surface area contributed by atoms with Crippen LogP contribution in [-0.4, -0.2) is 17.3 Å². The highest BCUT2D eigenvalue weighted by atomic mass is 19.3. The van der Waals surface area contributed by atoms with Gasteiger partial charge in [-0.1, -0.05) is 12.1 Å². The summed E-state index contributed by atoms with van der Waals surface area (Å²) in [5, 5.41) is 0.371. The molecular formula is C12H11F2NO2. The van der Waals surface area contributed by atoms with E-state index in [0.717, 1.165) is 0 Å². The predicted molar refractivity (Wildman–Crippen MR) is 59.3 cm³/mol. The maximum Gasteiger partial charge on any atom is 0.418 e. The van der Waals surface area contributed by atoms with Crippen molar-refractivity contribution in [2.24, 2.45) is 0 Å². The number of hydrogen-bond donors (Lipinski definition) is 0. The zero-order valence-corrected chi connectivity index (χ0v) is 9.19. The van der Waals surface area contributed by atoms with Gasteiger partial charge in [-0.25, -0.2) is 13.6 Å². The molecule has 1 heterocycles. The average Bonchev–Trinajstić information content (AvgIpc) is 2.72. The normalized spacial score (nSPS) is 11.1. The van der Waals surface area contributed by atoms with E-state index in [2.05, 4.69) is 0 Å². The van der Waals surface area contributed by atoms with Crippen molar-refractivity contribution in [3.8, 4) is 0 Å². The maximum absolute atomic E-state index is 12.7. The SMILES string of the molecule is CCOC(=O)n1ccc2c(C(F)F)cccc21. The van der Waals surface area contributed by atoms with Crippen LogP contribution in [0.15, 0.2) is 30.5 Å². The third-order valence-electron chi connectivity index (χ3n) is 2.47. The lowest BCUT2D eigenvalue weighted by atomic mass is 10.1. The Labute approximate surface area is 96.6 Å². The molecule has 0 radical (unpaired) electrons. The van der Waals surface area contributed by atoms with E-state index in [4.69, 9.17) is 4.74 Å². The Hall–Kier alpha value is -1.91. The first kappa shape index (κ1) is 11.6. The molecule has 0 aliphatic carbocycles. The highest BCUT2D eigenvalue weighted by molar-refractivity contribution is 5.91. The first-order valence-corrected chi connectivity index (χ1v) is 5.20. The van der Waals surface area contributed by atoms with Crippen molar-refractivity contribution in [3.63, 3.8) is 0 Å². The van der Waals surface area contributed by atoms with E-state index in [9.17, 15) is 13.6 Å². The topological polar surface area (TPSA) is 31.2 Å². The Morgan fingerprint density at radius 2 is 2.18 bits per heavy atom. The van der Waals surface area contributed by atoms with Crippen LogP contribution in [0.1, 0.15) is 18.9 Å². The van der Waals surface area contributed by atoms with Crippen molar-refractivity contribution in [1.29, 1.82) is 0 Å². The molecule has 0 N–H and O–H groups in total. The molecule has 0 fully saturated rings. The minimum absolute atomic E-state index is 0.0782. The van der Waals surface area contributed by atoms with Crippen LogP contribution in [0, 0.1) is 0 Å². The molecule has 0 bridgehead atoms. The standard InChI is InChI=1S/C12H11F2NO2/c1-2-17-12(16)15-7-6-8-9(11(13)14)4-3-5-10(8)15/h3-7,11H,2H2,1H3. The lowest BCUT2D eigenvalue weighted by Crippen LogP contribution is -2.12. The molecule has 17 heavy (non-hydrogen) atoms. The molecule has 2 rings (SSSR count). The fraction of sp³-hybridized carbons (Fsp3) is 0.250. The molecule has 0 saturated heterocycles. The third-order valence-corrected chi connectivity index (χ3v) is 2.47. The number of hydrogen-bond acceptors (Lipinski definition) is 2.